The lowest BCUT2D eigenvalue weighted by Gasteiger charge is -2.10. The second-order valence-corrected chi connectivity index (χ2v) is 6.06. The minimum absolute atomic E-state index is 0.00899. The van der Waals surface area contributed by atoms with Gasteiger partial charge in [-0.1, -0.05) is 11.2 Å². The van der Waals surface area contributed by atoms with E-state index in [0.717, 1.165) is 12.1 Å². The summed E-state index contributed by atoms with van der Waals surface area (Å²) in [4.78, 5) is 12.5. The molecule has 0 atom stereocenters. The van der Waals surface area contributed by atoms with E-state index in [4.69, 9.17) is 14.0 Å². The van der Waals surface area contributed by atoms with Crippen LogP contribution in [0.4, 0.5) is 18.9 Å². The van der Waals surface area contributed by atoms with Gasteiger partial charge in [0, 0.05) is 5.69 Å². The lowest BCUT2D eigenvalue weighted by atomic mass is 10.2. The topological polar surface area (TPSA) is 73.6 Å². The summed E-state index contributed by atoms with van der Waals surface area (Å²) in [6.45, 7) is 1.41. The summed E-state index contributed by atoms with van der Waals surface area (Å²) in [5, 5.41) is 6.41. The third-order valence-electron chi connectivity index (χ3n) is 4.09. The third-order valence-corrected chi connectivity index (χ3v) is 4.09. The molecule has 0 spiro atoms. The lowest BCUT2D eigenvalue weighted by Crippen LogP contribution is -2.15. The zero-order chi connectivity index (χ0) is 21.0. The average molecular weight is 406 g/mol. The second kappa shape index (κ2) is 8.26. The van der Waals surface area contributed by atoms with Crippen LogP contribution in [0.25, 0.3) is 0 Å². The van der Waals surface area contributed by atoms with Crippen molar-refractivity contribution in [1.29, 1.82) is 0 Å². The van der Waals surface area contributed by atoms with E-state index in [0.29, 0.717) is 22.8 Å². The van der Waals surface area contributed by atoms with Gasteiger partial charge in [-0.05, 0) is 49.4 Å². The highest BCUT2D eigenvalue weighted by atomic mass is 19.4. The first-order chi connectivity index (χ1) is 13.8. The second-order valence-electron chi connectivity index (χ2n) is 6.06. The van der Waals surface area contributed by atoms with Crippen LogP contribution in [0.5, 0.6) is 11.5 Å². The van der Waals surface area contributed by atoms with Crippen LogP contribution in [0, 0.1) is 6.92 Å². The molecule has 3 aromatic rings. The van der Waals surface area contributed by atoms with Crippen LogP contribution < -0.4 is 14.8 Å². The summed E-state index contributed by atoms with van der Waals surface area (Å²) in [6, 6.07) is 11.2. The van der Waals surface area contributed by atoms with Crippen molar-refractivity contribution in [2.75, 3.05) is 12.4 Å². The quantitative estimate of drug-likeness (QED) is 0.634. The number of aryl methyl sites for hydroxylation is 1. The molecule has 0 aliphatic rings. The standard InChI is InChI=1S/C20H17F3N2O4/c1-12-17(11-28-16-5-3-4-13(10-16)20(21,22)23)18(25-29-12)19(26)24-14-6-8-15(27-2)9-7-14/h3-10H,11H2,1-2H3,(H,24,26). The molecule has 0 saturated carbocycles. The Morgan fingerprint density at radius 3 is 2.52 bits per heavy atom. The van der Waals surface area contributed by atoms with Gasteiger partial charge in [-0.15, -0.1) is 0 Å². The molecule has 0 aliphatic heterocycles. The molecular formula is C20H17F3N2O4. The van der Waals surface area contributed by atoms with Gasteiger partial charge in [0.1, 0.15) is 23.9 Å². The molecule has 0 bridgehead atoms. The van der Waals surface area contributed by atoms with E-state index in [1.165, 1.54) is 19.2 Å². The summed E-state index contributed by atoms with van der Waals surface area (Å²) in [5.41, 5.74) is 0.0226. The van der Waals surface area contributed by atoms with Gasteiger partial charge in [0.25, 0.3) is 5.91 Å². The predicted octanol–water partition coefficient (Wildman–Crippen LogP) is 4.84. The predicted molar refractivity (Wildman–Crippen MR) is 98.0 cm³/mol. The van der Waals surface area contributed by atoms with Gasteiger partial charge in [-0.25, -0.2) is 0 Å². The summed E-state index contributed by atoms with van der Waals surface area (Å²) >= 11 is 0. The van der Waals surface area contributed by atoms with Gasteiger partial charge >= 0.3 is 6.18 Å². The van der Waals surface area contributed by atoms with E-state index >= 15 is 0 Å². The van der Waals surface area contributed by atoms with Crippen molar-refractivity contribution >= 4 is 11.6 Å². The lowest BCUT2D eigenvalue weighted by molar-refractivity contribution is -0.137. The highest BCUT2D eigenvalue weighted by Gasteiger charge is 2.30. The molecule has 1 heterocycles. The minimum Gasteiger partial charge on any atom is -0.497 e. The number of ether oxygens (including phenoxy) is 2. The van der Waals surface area contributed by atoms with E-state index in [-0.39, 0.29) is 18.1 Å². The zero-order valence-electron chi connectivity index (χ0n) is 15.5. The van der Waals surface area contributed by atoms with Gasteiger partial charge in [0.15, 0.2) is 5.69 Å². The van der Waals surface area contributed by atoms with Crippen molar-refractivity contribution in [2.24, 2.45) is 0 Å². The van der Waals surface area contributed by atoms with Gasteiger partial charge < -0.3 is 19.3 Å². The number of methoxy groups -OCH3 is 1. The Balaban J connectivity index is 1.73. The molecule has 1 aromatic heterocycles. The molecule has 0 aliphatic carbocycles. The number of hydrogen-bond acceptors (Lipinski definition) is 5. The maximum atomic E-state index is 12.8. The Labute approximate surface area is 164 Å². The van der Waals surface area contributed by atoms with Crippen molar-refractivity contribution in [2.45, 2.75) is 19.7 Å². The van der Waals surface area contributed by atoms with Gasteiger partial charge in [-0.2, -0.15) is 13.2 Å². The summed E-state index contributed by atoms with van der Waals surface area (Å²) in [5.74, 6) is 0.448. The number of rotatable bonds is 6. The normalized spacial score (nSPS) is 11.2. The molecular weight excluding hydrogens is 389 g/mol. The van der Waals surface area contributed by atoms with E-state index < -0.39 is 17.6 Å². The fourth-order valence-corrected chi connectivity index (χ4v) is 2.52. The molecule has 152 valence electrons. The molecule has 1 amide bonds. The number of aromatic nitrogens is 1. The number of carbonyl (C=O) groups excluding carboxylic acids is 1. The Bertz CT molecular complexity index is 998. The maximum absolute atomic E-state index is 12.8. The van der Waals surface area contributed by atoms with Crippen molar-refractivity contribution < 1.29 is 32.0 Å². The monoisotopic (exact) mass is 406 g/mol. The maximum Gasteiger partial charge on any atom is 0.416 e. The molecule has 0 unspecified atom stereocenters. The largest absolute Gasteiger partial charge is 0.497 e. The van der Waals surface area contributed by atoms with Crippen molar-refractivity contribution in [3.63, 3.8) is 0 Å². The van der Waals surface area contributed by atoms with Gasteiger partial charge in [0.2, 0.25) is 0 Å². The number of benzene rings is 2. The first kappa shape index (κ1) is 20.2. The molecule has 0 fully saturated rings. The summed E-state index contributed by atoms with van der Waals surface area (Å²) in [6.07, 6.45) is -4.48. The van der Waals surface area contributed by atoms with Crippen molar-refractivity contribution in [1.82, 2.24) is 5.16 Å². The van der Waals surface area contributed by atoms with E-state index in [1.807, 2.05) is 0 Å². The van der Waals surface area contributed by atoms with Crippen LogP contribution >= 0.6 is 0 Å². The van der Waals surface area contributed by atoms with Crippen LogP contribution in [0.1, 0.15) is 27.4 Å². The Morgan fingerprint density at radius 1 is 1.14 bits per heavy atom. The number of nitrogens with zero attached hydrogens (tertiary/aromatic N) is 1. The molecule has 29 heavy (non-hydrogen) atoms. The van der Waals surface area contributed by atoms with Crippen molar-refractivity contribution in [3.8, 4) is 11.5 Å². The number of anilines is 1. The molecule has 0 radical (unpaired) electrons. The highest BCUT2D eigenvalue weighted by molar-refractivity contribution is 6.03. The number of halogens is 3. The SMILES string of the molecule is COc1ccc(NC(=O)c2noc(C)c2COc2cccc(C(F)(F)F)c2)cc1. The van der Waals surface area contributed by atoms with Gasteiger partial charge in [-0.3, -0.25) is 4.79 Å². The first-order valence-corrected chi connectivity index (χ1v) is 8.48. The summed E-state index contributed by atoms with van der Waals surface area (Å²) < 4.78 is 54.1. The Hall–Kier alpha value is -3.49. The molecule has 0 saturated heterocycles. The fraction of sp³-hybridized carbons (Fsp3) is 0.200. The number of amides is 1. The molecule has 3 rings (SSSR count). The molecule has 1 N–H and O–H groups in total. The third kappa shape index (κ3) is 4.87. The Morgan fingerprint density at radius 2 is 1.86 bits per heavy atom. The van der Waals surface area contributed by atoms with Gasteiger partial charge in [0.05, 0.1) is 18.2 Å². The molecule has 2 aromatic carbocycles. The van der Waals surface area contributed by atoms with E-state index in [1.54, 1.807) is 31.2 Å². The minimum atomic E-state index is -4.48. The average Bonchev–Trinajstić information content (AvgIpc) is 3.07. The van der Waals surface area contributed by atoms with Crippen LogP contribution in [0.2, 0.25) is 0 Å². The summed E-state index contributed by atoms with van der Waals surface area (Å²) in [7, 11) is 1.53. The van der Waals surface area contributed by atoms with E-state index in [9.17, 15) is 18.0 Å². The van der Waals surface area contributed by atoms with Crippen LogP contribution in [-0.2, 0) is 12.8 Å². The molecule has 6 nitrogen and oxygen atoms in total. The molecule has 9 heteroatoms. The smallest absolute Gasteiger partial charge is 0.416 e. The van der Waals surface area contributed by atoms with Crippen LogP contribution in [0.15, 0.2) is 53.1 Å². The fourth-order valence-electron chi connectivity index (χ4n) is 2.52. The number of nitrogens with one attached hydrogen (secondary N) is 1. The van der Waals surface area contributed by atoms with E-state index in [2.05, 4.69) is 10.5 Å². The van der Waals surface area contributed by atoms with Crippen LogP contribution in [0.3, 0.4) is 0 Å². The first-order valence-electron chi connectivity index (χ1n) is 8.48. The van der Waals surface area contributed by atoms with Crippen molar-refractivity contribution in [3.05, 3.63) is 71.1 Å². The number of hydrogen-bond donors (Lipinski definition) is 1. The zero-order valence-corrected chi connectivity index (χ0v) is 15.5. The van der Waals surface area contributed by atoms with Crippen LogP contribution in [-0.4, -0.2) is 18.2 Å². The number of alkyl halides is 3. The number of carbonyl (C=O) groups is 1. The highest BCUT2D eigenvalue weighted by Crippen LogP contribution is 2.31. The Kier molecular flexibility index (Phi) is 5.76.